The van der Waals surface area contributed by atoms with Crippen LogP contribution in [0.4, 0.5) is 17.1 Å². The number of rotatable bonds is 4. The highest BCUT2D eigenvalue weighted by molar-refractivity contribution is 9.10. The largest absolute Gasteiger partial charge is 0.507 e. The molecule has 4 heteroatoms. The van der Waals surface area contributed by atoms with Gasteiger partial charge >= 0.3 is 0 Å². The molecule has 0 aromatic heterocycles. The van der Waals surface area contributed by atoms with Crippen molar-refractivity contribution in [1.29, 1.82) is 0 Å². The fourth-order valence-electron chi connectivity index (χ4n) is 2.14. The second-order valence-corrected chi connectivity index (χ2v) is 5.89. The number of benzene rings is 3. The van der Waals surface area contributed by atoms with Crippen LogP contribution in [0, 0.1) is 0 Å². The summed E-state index contributed by atoms with van der Waals surface area (Å²) in [5.41, 5.74) is 3.37. The van der Waals surface area contributed by atoms with E-state index in [9.17, 15) is 5.11 Å². The Bertz CT molecular complexity index is 832. The molecule has 0 aliphatic carbocycles. The van der Waals surface area contributed by atoms with E-state index in [0.29, 0.717) is 5.56 Å². The first kappa shape index (κ1) is 15.3. The molecule has 0 heterocycles. The Kier molecular flexibility index (Phi) is 4.74. The van der Waals surface area contributed by atoms with Crippen LogP contribution in [-0.4, -0.2) is 11.3 Å². The molecule has 2 N–H and O–H groups in total. The number of phenols is 1. The van der Waals surface area contributed by atoms with E-state index in [1.807, 2.05) is 60.7 Å². The van der Waals surface area contributed by atoms with Gasteiger partial charge in [-0.15, -0.1) is 0 Å². The van der Waals surface area contributed by atoms with Crippen LogP contribution in [-0.2, 0) is 0 Å². The van der Waals surface area contributed by atoms with Crippen LogP contribution >= 0.6 is 15.9 Å². The number of nitrogens with zero attached hydrogens (tertiary/aromatic N) is 1. The van der Waals surface area contributed by atoms with Crippen molar-refractivity contribution < 1.29 is 5.11 Å². The van der Waals surface area contributed by atoms with Gasteiger partial charge in [-0.3, -0.25) is 4.99 Å². The van der Waals surface area contributed by atoms with Crippen molar-refractivity contribution in [3.05, 3.63) is 82.8 Å². The van der Waals surface area contributed by atoms with Gasteiger partial charge in [0.05, 0.1) is 11.4 Å². The molecule has 3 nitrogen and oxygen atoms in total. The number of nitrogens with one attached hydrogen (secondary N) is 1. The Labute approximate surface area is 143 Å². The average Bonchev–Trinajstić information content (AvgIpc) is 2.58. The van der Waals surface area contributed by atoms with E-state index in [4.69, 9.17) is 0 Å². The van der Waals surface area contributed by atoms with Gasteiger partial charge < -0.3 is 10.4 Å². The summed E-state index contributed by atoms with van der Waals surface area (Å²) in [5.74, 6) is 0.199. The monoisotopic (exact) mass is 366 g/mol. The van der Waals surface area contributed by atoms with Crippen molar-refractivity contribution in [3.63, 3.8) is 0 Å². The molecule has 114 valence electrons. The predicted octanol–water partition coefficient (Wildman–Crippen LogP) is 5.65. The first-order valence-corrected chi connectivity index (χ1v) is 7.95. The summed E-state index contributed by atoms with van der Waals surface area (Å²) >= 11 is 3.40. The Morgan fingerprint density at radius 2 is 1.65 bits per heavy atom. The lowest BCUT2D eigenvalue weighted by molar-refractivity contribution is 0.474. The zero-order valence-corrected chi connectivity index (χ0v) is 13.9. The van der Waals surface area contributed by atoms with Gasteiger partial charge in [0.2, 0.25) is 0 Å². The van der Waals surface area contributed by atoms with Gasteiger partial charge in [0.1, 0.15) is 5.75 Å². The van der Waals surface area contributed by atoms with Crippen LogP contribution in [0.15, 0.2) is 82.3 Å². The number of halogens is 1. The molecular formula is C19H15BrN2O. The fourth-order valence-corrected chi connectivity index (χ4v) is 2.52. The van der Waals surface area contributed by atoms with Crippen LogP contribution in [0.5, 0.6) is 5.75 Å². The molecule has 3 aromatic carbocycles. The van der Waals surface area contributed by atoms with Gasteiger partial charge in [0.15, 0.2) is 0 Å². The lowest BCUT2D eigenvalue weighted by atomic mass is 10.2. The highest BCUT2D eigenvalue weighted by atomic mass is 79.9. The first-order chi connectivity index (χ1) is 11.2. The molecule has 0 fully saturated rings. The van der Waals surface area contributed by atoms with Gasteiger partial charge in [-0.1, -0.05) is 46.3 Å². The minimum absolute atomic E-state index is 0.199. The van der Waals surface area contributed by atoms with Crippen molar-refractivity contribution in [1.82, 2.24) is 0 Å². The van der Waals surface area contributed by atoms with Crippen molar-refractivity contribution >= 4 is 39.2 Å². The minimum atomic E-state index is 0.199. The number of anilines is 2. The molecule has 0 unspecified atom stereocenters. The maximum Gasteiger partial charge on any atom is 0.124 e. The molecular weight excluding hydrogens is 352 g/mol. The molecule has 23 heavy (non-hydrogen) atoms. The highest BCUT2D eigenvalue weighted by Crippen LogP contribution is 2.28. The molecule has 3 aromatic rings. The molecule has 0 spiro atoms. The maximum absolute atomic E-state index is 9.89. The topological polar surface area (TPSA) is 44.6 Å². The summed E-state index contributed by atoms with van der Waals surface area (Å²) in [4.78, 5) is 4.51. The number of aromatic hydroxyl groups is 1. The van der Waals surface area contributed by atoms with Crippen LogP contribution < -0.4 is 5.32 Å². The summed E-state index contributed by atoms with van der Waals surface area (Å²) in [7, 11) is 0. The number of hydrogen-bond donors (Lipinski definition) is 2. The SMILES string of the molecule is Oc1ccc(Br)cc1C=Nc1ccccc1Nc1ccccc1. The lowest BCUT2D eigenvalue weighted by Gasteiger charge is -2.09. The Morgan fingerprint density at radius 3 is 2.48 bits per heavy atom. The van der Waals surface area contributed by atoms with Crippen LogP contribution in [0.3, 0.4) is 0 Å². The summed E-state index contributed by atoms with van der Waals surface area (Å²) in [5, 5.41) is 13.2. The zero-order valence-electron chi connectivity index (χ0n) is 12.3. The first-order valence-electron chi connectivity index (χ1n) is 7.16. The fraction of sp³-hybridized carbons (Fsp3) is 0. The Hall–Kier alpha value is -2.59. The smallest absolute Gasteiger partial charge is 0.124 e. The van der Waals surface area contributed by atoms with E-state index in [1.54, 1.807) is 18.3 Å². The van der Waals surface area contributed by atoms with Crippen LogP contribution in [0.2, 0.25) is 0 Å². The van der Waals surface area contributed by atoms with Crippen molar-refractivity contribution in [2.75, 3.05) is 5.32 Å². The van der Waals surface area contributed by atoms with E-state index in [1.165, 1.54) is 0 Å². The van der Waals surface area contributed by atoms with Gasteiger partial charge in [-0.05, 0) is 42.5 Å². The lowest BCUT2D eigenvalue weighted by Crippen LogP contribution is -1.90. The number of aliphatic imine (C=N–C) groups is 1. The number of para-hydroxylation sites is 3. The van der Waals surface area contributed by atoms with Gasteiger partial charge in [-0.2, -0.15) is 0 Å². The van der Waals surface area contributed by atoms with E-state index in [-0.39, 0.29) is 5.75 Å². The molecule has 0 amide bonds. The second kappa shape index (κ2) is 7.11. The summed E-state index contributed by atoms with van der Waals surface area (Å²) < 4.78 is 0.896. The van der Waals surface area contributed by atoms with Gasteiger partial charge in [0.25, 0.3) is 0 Å². The van der Waals surface area contributed by atoms with Crippen molar-refractivity contribution in [3.8, 4) is 5.75 Å². The second-order valence-electron chi connectivity index (χ2n) is 4.97. The zero-order chi connectivity index (χ0) is 16.1. The molecule has 0 atom stereocenters. The number of hydrogen-bond acceptors (Lipinski definition) is 3. The van der Waals surface area contributed by atoms with Gasteiger partial charge in [-0.25, -0.2) is 0 Å². The minimum Gasteiger partial charge on any atom is -0.507 e. The molecule has 0 aliphatic rings. The highest BCUT2D eigenvalue weighted by Gasteiger charge is 2.02. The molecule has 3 rings (SSSR count). The molecule has 0 saturated heterocycles. The van der Waals surface area contributed by atoms with E-state index >= 15 is 0 Å². The summed E-state index contributed by atoms with van der Waals surface area (Å²) in [6.45, 7) is 0. The molecule has 0 bridgehead atoms. The Morgan fingerprint density at radius 1 is 0.913 bits per heavy atom. The molecule has 0 radical (unpaired) electrons. The van der Waals surface area contributed by atoms with E-state index in [0.717, 1.165) is 21.5 Å². The number of phenolic OH excluding ortho intramolecular Hbond substituents is 1. The van der Waals surface area contributed by atoms with Gasteiger partial charge in [0, 0.05) is 21.9 Å². The quantitative estimate of drug-likeness (QED) is 0.586. The van der Waals surface area contributed by atoms with Crippen molar-refractivity contribution in [2.24, 2.45) is 4.99 Å². The standard InChI is InChI=1S/C19H15BrN2O/c20-15-10-11-19(23)14(12-15)13-21-17-8-4-5-9-18(17)22-16-6-2-1-3-7-16/h1-13,22-23H. The third kappa shape index (κ3) is 3.99. The molecule has 0 saturated carbocycles. The third-order valence-corrected chi connectivity index (χ3v) is 3.78. The van der Waals surface area contributed by atoms with Crippen LogP contribution in [0.1, 0.15) is 5.56 Å². The van der Waals surface area contributed by atoms with Crippen molar-refractivity contribution in [2.45, 2.75) is 0 Å². The maximum atomic E-state index is 9.89. The normalized spacial score (nSPS) is 10.8. The predicted molar refractivity (Wildman–Crippen MR) is 99.2 cm³/mol. The third-order valence-electron chi connectivity index (χ3n) is 3.29. The Balaban J connectivity index is 1.88. The molecule has 0 aliphatic heterocycles. The average molecular weight is 367 g/mol. The van der Waals surface area contributed by atoms with E-state index < -0.39 is 0 Å². The van der Waals surface area contributed by atoms with E-state index in [2.05, 4.69) is 26.2 Å². The summed E-state index contributed by atoms with van der Waals surface area (Å²) in [6.07, 6.45) is 1.66. The van der Waals surface area contributed by atoms with Crippen LogP contribution in [0.25, 0.3) is 0 Å². The summed E-state index contributed by atoms with van der Waals surface area (Å²) in [6, 6.07) is 23.0.